The number of amides is 1. The van der Waals surface area contributed by atoms with Gasteiger partial charge < -0.3 is 25.7 Å². The standard InChI is InChI=1S/C26H28F2N4O2/c1-15-5-8-20-22(32(15)26(33)16-6-7-16)10-9-19(17(11-29)12-31-18-13-30-14-18)25(20)34-23-4-2-3-21(27)24(23)28/h2-4,9-12,15-16,18,29-31H,5-8,13-14H2,1H3/b17-12+,29-11?/t15-/m0/s1. The zero-order chi connectivity index (χ0) is 23.8. The number of hydrogen-bond donors (Lipinski definition) is 3. The molecule has 34 heavy (non-hydrogen) atoms. The van der Waals surface area contributed by atoms with Gasteiger partial charge in [0.2, 0.25) is 11.7 Å². The molecule has 2 aromatic rings. The van der Waals surface area contributed by atoms with Gasteiger partial charge in [0.1, 0.15) is 5.75 Å². The van der Waals surface area contributed by atoms with Crippen molar-refractivity contribution in [3.05, 3.63) is 59.3 Å². The molecule has 6 nitrogen and oxygen atoms in total. The predicted octanol–water partition coefficient (Wildman–Crippen LogP) is 4.39. The maximum atomic E-state index is 14.6. The SMILES string of the molecule is C[C@H]1CCc2c(ccc(/C(C=N)=C/NC3CNC3)c2Oc2cccc(F)c2F)N1C(=O)C1CC1. The number of nitrogens with one attached hydrogen (secondary N) is 3. The fraction of sp³-hybridized carbons (Fsp3) is 0.385. The maximum Gasteiger partial charge on any atom is 0.230 e. The molecule has 0 unspecified atom stereocenters. The summed E-state index contributed by atoms with van der Waals surface area (Å²) in [5.74, 6) is -1.79. The van der Waals surface area contributed by atoms with Gasteiger partial charge in [-0.15, -0.1) is 0 Å². The van der Waals surface area contributed by atoms with Crippen LogP contribution in [0.25, 0.3) is 5.57 Å². The average Bonchev–Trinajstić information content (AvgIpc) is 3.64. The molecule has 2 heterocycles. The molecule has 0 radical (unpaired) electrons. The summed E-state index contributed by atoms with van der Waals surface area (Å²) >= 11 is 0. The summed E-state index contributed by atoms with van der Waals surface area (Å²) in [6.45, 7) is 3.70. The van der Waals surface area contributed by atoms with Crippen LogP contribution in [0.5, 0.6) is 11.5 Å². The Balaban J connectivity index is 1.62. The zero-order valence-corrected chi connectivity index (χ0v) is 19.0. The molecular formula is C26H28F2N4O2. The van der Waals surface area contributed by atoms with Gasteiger partial charge in [-0.3, -0.25) is 4.79 Å². The van der Waals surface area contributed by atoms with E-state index in [0.717, 1.165) is 49.7 Å². The molecule has 3 N–H and O–H groups in total. The van der Waals surface area contributed by atoms with E-state index in [4.69, 9.17) is 10.1 Å². The first kappa shape index (κ1) is 22.5. The molecular weight excluding hydrogens is 438 g/mol. The molecule has 2 aromatic carbocycles. The van der Waals surface area contributed by atoms with Crippen molar-refractivity contribution in [1.82, 2.24) is 10.6 Å². The van der Waals surface area contributed by atoms with E-state index in [1.165, 1.54) is 18.3 Å². The van der Waals surface area contributed by atoms with Crippen molar-refractivity contribution in [3.8, 4) is 11.5 Å². The first-order valence-electron chi connectivity index (χ1n) is 11.8. The Bertz CT molecular complexity index is 1160. The number of carbonyl (C=O) groups is 1. The number of carbonyl (C=O) groups excluding carboxylic acids is 1. The molecule has 1 aliphatic carbocycles. The van der Waals surface area contributed by atoms with Gasteiger partial charge in [0.05, 0.1) is 11.7 Å². The van der Waals surface area contributed by atoms with Crippen LogP contribution >= 0.6 is 0 Å². The van der Waals surface area contributed by atoms with E-state index in [1.54, 1.807) is 12.3 Å². The van der Waals surface area contributed by atoms with Gasteiger partial charge in [-0.05, 0) is 56.9 Å². The van der Waals surface area contributed by atoms with Crippen molar-refractivity contribution in [2.24, 2.45) is 5.92 Å². The number of fused-ring (bicyclic) bond motifs is 1. The second-order valence-electron chi connectivity index (χ2n) is 9.23. The number of anilines is 1. The molecule has 2 aliphatic heterocycles. The van der Waals surface area contributed by atoms with Gasteiger partial charge in [-0.2, -0.15) is 4.39 Å². The van der Waals surface area contributed by atoms with E-state index in [1.807, 2.05) is 17.9 Å². The second-order valence-corrected chi connectivity index (χ2v) is 9.23. The average molecular weight is 467 g/mol. The summed E-state index contributed by atoms with van der Waals surface area (Å²) in [6, 6.07) is 7.81. The largest absolute Gasteiger partial charge is 0.453 e. The van der Waals surface area contributed by atoms with Crippen LogP contribution in [-0.4, -0.2) is 37.3 Å². The molecule has 8 heteroatoms. The minimum absolute atomic E-state index is 0.0377. The summed E-state index contributed by atoms with van der Waals surface area (Å²) in [6.07, 6.45) is 6.12. The van der Waals surface area contributed by atoms with Crippen LogP contribution in [0.1, 0.15) is 37.3 Å². The molecule has 5 rings (SSSR count). The normalized spacial score (nSPS) is 20.4. The lowest BCUT2D eigenvalue weighted by Gasteiger charge is -2.37. The summed E-state index contributed by atoms with van der Waals surface area (Å²) in [5.41, 5.74) is 2.66. The van der Waals surface area contributed by atoms with E-state index in [9.17, 15) is 13.6 Å². The molecule has 1 atom stereocenters. The third-order valence-corrected chi connectivity index (χ3v) is 6.76. The first-order valence-corrected chi connectivity index (χ1v) is 11.8. The summed E-state index contributed by atoms with van der Waals surface area (Å²) in [5, 5.41) is 14.5. The quantitative estimate of drug-likeness (QED) is 0.529. The van der Waals surface area contributed by atoms with Crippen LogP contribution in [0.4, 0.5) is 14.5 Å². The highest BCUT2D eigenvalue weighted by atomic mass is 19.2. The molecule has 0 aromatic heterocycles. The van der Waals surface area contributed by atoms with E-state index < -0.39 is 11.6 Å². The number of allylic oxidation sites excluding steroid dienone is 1. The highest BCUT2D eigenvalue weighted by Crippen LogP contribution is 2.45. The second kappa shape index (κ2) is 9.18. The van der Waals surface area contributed by atoms with Crippen LogP contribution < -0.4 is 20.3 Å². The van der Waals surface area contributed by atoms with E-state index in [-0.39, 0.29) is 29.7 Å². The Kier molecular flexibility index (Phi) is 6.08. The molecule has 1 saturated carbocycles. The highest BCUT2D eigenvalue weighted by molar-refractivity contribution is 6.10. The molecule has 2 fully saturated rings. The zero-order valence-electron chi connectivity index (χ0n) is 19.0. The van der Waals surface area contributed by atoms with Crippen molar-refractivity contribution in [1.29, 1.82) is 5.41 Å². The predicted molar refractivity (Wildman–Crippen MR) is 127 cm³/mol. The van der Waals surface area contributed by atoms with Crippen molar-refractivity contribution >= 4 is 23.4 Å². The van der Waals surface area contributed by atoms with E-state index >= 15 is 0 Å². The summed E-state index contributed by atoms with van der Waals surface area (Å²) in [7, 11) is 0. The van der Waals surface area contributed by atoms with Crippen LogP contribution in [0, 0.1) is 23.0 Å². The van der Waals surface area contributed by atoms with Crippen LogP contribution in [0.15, 0.2) is 36.5 Å². The molecule has 1 saturated heterocycles. The van der Waals surface area contributed by atoms with E-state index in [2.05, 4.69) is 10.6 Å². The third-order valence-electron chi connectivity index (χ3n) is 6.76. The lowest BCUT2D eigenvalue weighted by molar-refractivity contribution is -0.120. The minimum Gasteiger partial charge on any atom is -0.453 e. The Labute approximate surface area is 197 Å². The van der Waals surface area contributed by atoms with Crippen molar-refractivity contribution < 1.29 is 18.3 Å². The fourth-order valence-electron chi connectivity index (χ4n) is 4.50. The minimum atomic E-state index is -1.07. The lowest BCUT2D eigenvalue weighted by Crippen LogP contribution is -2.53. The van der Waals surface area contributed by atoms with Gasteiger partial charge in [0.15, 0.2) is 11.6 Å². The highest BCUT2D eigenvalue weighted by Gasteiger charge is 2.39. The summed E-state index contributed by atoms with van der Waals surface area (Å²) in [4.78, 5) is 14.9. The van der Waals surface area contributed by atoms with Gasteiger partial charge in [0.25, 0.3) is 0 Å². The van der Waals surface area contributed by atoms with E-state index in [0.29, 0.717) is 23.3 Å². The monoisotopic (exact) mass is 466 g/mol. The molecule has 3 aliphatic rings. The molecule has 0 bridgehead atoms. The lowest BCUT2D eigenvalue weighted by atomic mass is 9.91. The summed E-state index contributed by atoms with van der Waals surface area (Å²) < 4.78 is 34.6. The van der Waals surface area contributed by atoms with Crippen molar-refractivity contribution in [2.45, 2.75) is 44.7 Å². The van der Waals surface area contributed by atoms with Gasteiger partial charge >= 0.3 is 0 Å². The third kappa shape index (κ3) is 4.18. The number of benzene rings is 2. The Morgan fingerprint density at radius 1 is 1.21 bits per heavy atom. The van der Waals surface area contributed by atoms with Crippen LogP contribution in [0.2, 0.25) is 0 Å². The van der Waals surface area contributed by atoms with Crippen molar-refractivity contribution in [2.75, 3.05) is 18.0 Å². The van der Waals surface area contributed by atoms with Gasteiger partial charge in [-0.1, -0.05) is 6.07 Å². The Morgan fingerprint density at radius 3 is 2.68 bits per heavy atom. The first-order chi connectivity index (χ1) is 16.5. The molecule has 1 amide bonds. The topological polar surface area (TPSA) is 77.5 Å². The Hall–Kier alpha value is -3.26. The van der Waals surface area contributed by atoms with Gasteiger partial charge in [0, 0.05) is 54.2 Å². The Morgan fingerprint density at radius 2 is 2.00 bits per heavy atom. The number of hydrogen-bond acceptors (Lipinski definition) is 5. The molecule has 178 valence electrons. The number of ether oxygens (including phenoxy) is 1. The number of halogens is 2. The van der Waals surface area contributed by atoms with Gasteiger partial charge in [-0.25, -0.2) is 4.39 Å². The number of rotatable bonds is 7. The van der Waals surface area contributed by atoms with Crippen LogP contribution in [0.3, 0.4) is 0 Å². The van der Waals surface area contributed by atoms with Crippen molar-refractivity contribution in [3.63, 3.8) is 0 Å². The fourth-order valence-corrected chi connectivity index (χ4v) is 4.50. The molecule has 0 spiro atoms. The maximum absolute atomic E-state index is 14.6. The van der Waals surface area contributed by atoms with Crippen LogP contribution in [-0.2, 0) is 11.2 Å². The number of nitrogens with zero attached hydrogens (tertiary/aromatic N) is 1. The smallest absolute Gasteiger partial charge is 0.230 e.